The Hall–Kier alpha value is -0.680. The number of benzene rings is 2. The Morgan fingerprint density at radius 3 is 2.05 bits per heavy atom. The van der Waals surface area contributed by atoms with E-state index >= 15 is 0 Å². The number of hydrogen-bond donors (Lipinski definition) is 1. The van der Waals surface area contributed by atoms with Gasteiger partial charge in [0.15, 0.2) is 0 Å². The standard InChI is InChI=1S/C17H20Br2N2/c1-21(12-13-2-6-15(18)7-3-13)11-10-17(20)14-4-8-16(19)9-5-14/h2-9,17H,10-12,20H2,1H3. The second-order valence-corrected chi connectivity index (χ2v) is 7.14. The number of nitrogens with two attached hydrogens (primary N) is 1. The van der Waals surface area contributed by atoms with E-state index < -0.39 is 0 Å². The summed E-state index contributed by atoms with van der Waals surface area (Å²) in [5, 5.41) is 0. The molecule has 0 radical (unpaired) electrons. The molecule has 0 aliphatic heterocycles. The predicted octanol–water partition coefficient (Wildman–Crippen LogP) is 4.73. The molecule has 1 atom stereocenters. The molecule has 0 saturated carbocycles. The summed E-state index contributed by atoms with van der Waals surface area (Å²) in [6.07, 6.45) is 0.953. The van der Waals surface area contributed by atoms with Crippen molar-refractivity contribution in [3.63, 3.8) is 0 Å². The molecule has 2 rings (SSSR count). The first-order valence-corrected chi connectivity index (χ1v) is 8.57. The first-order chi connectivity index (χ1) is 10.0. The molecule has 1 unspecified atom stereocenters. The van der Waals surface area contributed by atoms with Crippen molar-refractivity contribution in [3.05, 3.63) is 68.6 Å². The van der Waals surface area contributed by atoms with Gasteiger partial charge in [0, 0.05) is 21.5 Å². The molecule has 2 N–H and O–H groups in total. The van der Waals surface area contributed by atoms with Crippen LogP contribution in [0.5, 0.6) is 0 Å². The van der Waals surface area contributed by atoms with Crippen molar-refractivity contribution in [1.29, 1.82) is 0 Å². The fraction of sp³-hybridized carbons (Fsp3) is 0.294. The van der Waals surface area contributed by atoms with Crippen LogP contribution in [0.4, 0.5) is 0 Å². The number of rotatable bonds is 6. The molecule has 0 fully saturated rings. The van der Waals surface area contributed by atoms with Crippen molar-refractivity contribution in [2.75, 3.05) is 13.6 Å². The first-order valence-electron chi connectivity index (χ1n) is 6.98. The Balaban J connectivity index is 1.81. The van der Waals surface area contributed by atoms with Gasteiger partial charge >= 0.3 is 0 Å². The average Bonchev–Trinajstić information content (AvgIpc) is 2.48. The summed E-state index contributed by atoms with van der Waals surface area (Å²) in [4.78, 5) is 2.31. The highest BCUT2D eigenvalue weighted by atomic mass is 79.9. The Labute approximate surface area is 143 Å². The summed E-state index contributed by atoms with van der Waals surface area (Å²) >= 11 is 6.91. The Kier molecular flexibility index (Phi) is 6.42. The van der Waals surface area contributed by atoms with Crippen molar-refractivity contribution >= 4 is 31.9 Å². The maximum Gasteiger partial charge on any atom is 0.0307 e. The van der Waals surface area contributed by atoms with Crippen LogP contribution in [0.2, 0.25) is 0 Å². The Morgan fingerprint density at radius 1 is 0.952 bits per heavy atom. The minimum Gasteiger partial charge on any atom is -0.324 e. The minimum absolute atomic E-state index is 0.0884. The second-order valence-electron chi connectivity index (χ2n) is 5.31. The van der Waals surface area contributed by atoms with Crippen LogP contribution in [0.15, 0.2) is 57.5 Å². The fourth-order valence-corrected chi connectivity index (χ4v) is 2.75. The van der Waals surface area contributed by atoms with Crippen LogP contribution in [0.25, 0.3) is 0 Å². The van der Waals surface area contributed by atoms with Crippen molar-refractivity contribution in [2.24, 2.45) is 5.73 Å². The van der Waals surface area contributed by atoms with Gasteiger partial charge in [0.05, 0.1) is 0 Å². The molecule has 2 aromatic rings. The van der Waals surface area contributed by atoms with Crippen molar-refractivity contribution in [2.45, 2.75) is 19.0 Å². The van der Waals surface area contributed by atoms with E-state index in [1.165, 1.54) is 11.1 Å². The normalized spacial score (nSPS) is 12.6. The van der Waals surface area contributed by atoms with E-state index in [9.17, 15) is 0 Å². The van der Waals surface area contributed by atoms with E-state index in [0.29, 0.717) is 0 Å². The van der Waals surface area contributed by atoms with E-state index in [2.05, 4.69) is 80.2 Å². The van der Waals surface area contributed by atoms with E-state index in [1.807, 2.05) is 12.1 Å². The van der Waals surface area contributed by atoms with Crippen molar-refractivity contribution in [3.8, 4) is 0 Å². The van der Waals surface area contributed by atoms with E-state index in [0.717, 1.165) is 28.5 Å². The zero-order valence-corrected chi connectivity index (χ0v) is 15.3. The first kappa shape index (κ1) is 16.7. The van der Waals surface area contributed by atoms with Gasteiger partial charge in [-0.2, -0.15) is 0 Å². The third kappa shape index (κ3) is 5.55. The highest BCUT2D eigenvalue weighted by Gasteiger charge is 2.08. The lowest BCUT2D eigenvalue weighted by Gasteiger charge is -2.20. The van der Waals surface area contributed by atoms with Crippen LogP contribution in [0, 0.1) is 0 Å². The molecule has 0 spiro atoms. The summed E-state index contributed by atoms with van der Waals surface area (Å²) in [5.74, 6) is 0. The Bertz CT molecular complexity index is 552. The maximum atomic E-state index is 6.26. The van der Waals surface area contributed by atoms with Crippen molar-refractivity contribution in [1.82, 2.24) is 4.90 Å². The molecule has 2 aromatic carbocycles. The molecule has 0 bridgehead atoms. The van der Waals surface area contributed by atoms with Crippen LogP contribution in [0.1, 0.15) is 23.6 Å². The van der Waals surface area contributed by atoms with Gasteiger partial charge in [0.1, 0.15) is 0 Å². The number of halogens is 2. The summed E-state index contributed by atoms with van der Waals surface area (Å²) in [6, 6.07) is 16.8. The second kappa shape index (κ2) is 8.08. The zero-order chi connectivity index (χ0) is 15.2. The molecule has 0 aliphatic rings. The molecule has 0 aromatic heterocycles. The third-order valence-corrected chi connectivity index (χ3v) is 4.54. The predicted molar refractivity (Wildman–Crippen MR) is 96.2 cm³/mol. The molecule has 0 saturated heterocycles. The quantitative estimate of drug-likeness (QED) is 0.744. The molecule has 0 heterocycles. The third-order valence-electron chi connectivity index (χ3n) is 3.49. The lowest BCUT2D eigenvalue weighted by atomic mass is 10.0. The van der Waals surface area contributed by atoms with E-state index in [1.54, 1.807) is 0 Å². The van der Waals surface area contributed by atoms with Gasteiger partial charge in [-0.05, 0) is 55.4 Å². The molecule has 4 heteroatoms. The van der Waals surface area contributed by atoms with E-state index in [-0.39, 0.29) is 6.04 Å². The number of hydrogen-bond acceptors (Lipinski definition) is 2. The average molecular weight is 412 g/mol. The smallest absolute Gasteiger partial charge is 0.0307 e. The molecule has 2 nitrogen and oxygen atoms in total. The van der Waals surface area contributed by atoms with E-state index in [4.69, 9.17) is 5.73 Å². The van der Waals surface area contributed by atoms with Gasteiger partial charge in [0.2, 0.25) is 0 Å². The molecule has 112 valence electrons. The molecule has 21 heavy (non-hydrogen) atoms. The number of nitrogens with zero attached hydrogens (tertiary/aromatic N) is 1. The van der Waals surface area contributed by atoms with Gasteiger partial charge in [-0.1, -0.05) is 56.1 Å². The van der Waals surface area contributed by atoms with Gasteiger partial charge in [-0.3, -0.25) is 0 Å². The summed E-state index contributed by atoms with van der Waals surface area (Å²) < 4.78 is 2.21. The Morgan fingerprint density at radius 2 is 1.48 bits per heavy atom. The van der Waals surface area contributed by atoms with Crippen LogP contribution in [-0.4, -0.2) is 18.5 Å². The molecule has 0 amide bonds. The minimum atomic E-state index is 0.0884. The van der Waals surface area contributed by atoms with Crippen LogP contribution in [0.3, 0.4) is 0 Å². The van der Waals surface area contributed by atoms with Crippen LogP contribution < -0.4 is 5.73 Å². The van der Waals surface area contributed by atoms with Gasteiger partial charge in [-0.15, -0.1) is 0 Å². The van der Waals surface area contributed by atoms with Crippen LogP contribution >= 0.6 is 31.9 Å². The summed E-state index contributed by atoms with van der Waals surface area (Å²) in [5.41, 5.74) is 8.77. The monoisotopic (exact) mass is 410 g/mol. The maximum absolute atomic E-state index is 6.26. The van der Waals surface area contributed by atoms with Gasteiger partial charge in [0.25, 0.3) is 0 Å². The zero-order valence-electron chi connectivity index (χ0n) is 12.1. The highest BCUT2D eigenvalue weighted by molar-refractivity contribution is 9.10. The van der Waals surface area contributed by atoms with Crippen molar-refractivity contribution < 1.29 is 0 Å². The van der Waals surface area contributed by atoms with Crippen LogP contribution in [-0.2, 0) is 6.54 Å². The topological polar surface area (TPSA) is 29.3 Å². The SMILES string of the molecule is CN(CCC(N)c1ccc(Br)cc1)Cc1ccc(Br)cc1. The van der Waals surface area contributed by atoms with Gasteiger partial charge < -0.3 is 10.6 Å². The fourth-order valence-electron chi connectivity index (χ4n) is 2.22. The lowest BCUT2D eigenvalue weighted by Crippen LogP contribution is -2.23. The molecular formula is C17H20Br2N2. The molecule has 0 aliphatic carbocycles. The summed E-state index contributed by atoms with van der Waals surface area (Å²) in [6.45, 7) is 1.92. The lowest BCUT2D eigenvalue weighted by molar-refractivity contribution is 0.311. The highest BCUT2D eigenvalue weighted by Crippen LogP contribution is 2.18. The summed E-state index contributed by atoms with van der Waals surface area (Å²) in [7, 11) is 2.14. The largest absolute Gasteiger partial charge is 0.324 e. The molecular weight excluding hydrogens is 392 g/mol. The van der Waals surface area contributed by atoms with Gasteiger partial charge in [-0.25, -0.2) is 0 Å².